The van der Waals surface area contributed by atoms with Gasteiger partial charge in [0.2, 0.25) is 5.91 Å². The fourth-order valence-electron chi connectivity index (χ4n) is 1.67. The van der Waals surface area contributed by atoms with Crippen molar-refractivity contribution < 1.29 is 13.6 Å². The molecule has 0 fully saturated rings. The molecule has 100 valence electrons. The van der Waals surface area contributed by atoms with Crippen LogP contribution in [0.15, 0.2) is 18.2 Å². The molecule has 1 aromatic rings. The molecule has 1 unspecified atom stereocenters. The number of rotatable bonds is 5. The van der Waals surface area contributed by atoms with Crippen LogP contribution in [0.2, 0.25) is 0 Å². The van der Waals surface area contributed by atoms with Gasteiger partial charge in [0.1, 0.15) is 11.6 Å². The van der Waals surface area contributed by atoms with Crippen molar-refractivity contribution in [2.75, 3.05) is 18.9 Å². The molecule has 0 aliphatic heterocycles. The molecule has 1 amide bonds. The van der Waals surface area contributed by atoms with Crippen molar-refractivity contribution in [1.82, 2.24) is 5.32 Å². The topological polar surface area (TPSA) is 41.1 Å². The van der Waals surface area contributed by atoms with E-state index in [9.17, 15) is 13.6 Å². The molecule has 0 heterocycles. The summed E-state index contributed by atoms with van der Waals surface area (Å²) in [5.74, 6) is -1.85. The quantitative estimate of drug-likeness (QED) is 0.849. The number of hydrogen-bond donors (Lipinski definition) is 2. The van der Waals surface area contributed by atoms with E-state index in [1.807, 2.05) is 13.8 Å². The summed E-state index contributed by atoms with van der Waals surface area (Å²) >= 11 is 0. The minimum Gasteiger partial charge on any atom is -0.323 e. The fourth-order valence-corrected chi connectivity index (χ4v) is 1.67. The summed E-state index contributed by atoms with van der Waals surface area (Å²) in [6.45, 7) is 4.34. The SMILES string of the molecule is CNCC(C(=O)Nc1ccc(F)cc1F)C(C)C. The molecule has 0 aliphatic carbocycles. The zero-order valence-electron chi connectivity index (χ0n) is 10.8. The van der Waals surface area contributed by atoms with Crippen LogP contribution in [0.25, 0.3) is 0 Å². The van der Waals surface area contributed by atoms with Crippen molar-refractivity contribution in [2.45, 2.75) is 13.8 Å². The van der Waals surface area contributed by atoms with Crippen LogP contribution in [0, 0.1) is 23.5 Å². The first kappa shape index (κ1) is 14.6. The average Bonchev–Trinajstić information content (AvgIpc) is 2.29. The molecule has 1 aromatic carbocycles. The molecule has 0 aliphatic rings. The first-order valence-corrected chi connectivity index (χ1v) is 5.86. The Morgan fingerprint density at radius 3 is 2.50 bits per heavy atom. The monoisotopic (exact) mass is 256 g/mol. The van der Waals surface area contributed by atoms with E-state index in [1.54, 1.807) is 7.05 Å². The maximum Gasteiger partial charge on any atom is 0.229 e. The summed E-state index contributed by atoms with van der Waals surface area (Å²) in [6, 6.07) is 3.08. The third-order valence-corrected chi connectivity index (χ3v) is 2.75. The molecular weight excluding hydrogens is 238 g/mol. The lowest BCUT2D eigenvalue weighted by molar-refractivity contribution is -0.121. The summed E-state index contributed by atoms with van der Waals surface area (Å²) < 4.78 is 26.1. The highest BCUT2D eigenvalue weighted by molar-refractivity contribution is 5.92. The van der Waals surface area contributed by atoms with Crippen LogP contribution < -0.4 is 10.6 Å². The lowest BCUT2D eigenvalue weighted by Crippen LogP contribution is -2.34. The predicted molar refractivity (Wildman–Crippen MR) is 67.2 cm³/mol. The Balaban J connectivity index is 2.79. The van der Waals surface area contributed by atoms with Gasteiger partial charge in [-0.2, -0.15) is 0 Å². The molecule has 0 saturated heterocycles. The maximum absolute atomic E-state index is 13.4. The van der Waals surface area contributed by atoms with Crippen molar-refractivity contribution in [3.05, 3.63) is 29.8 Å². The Hall–Kier alpha value is -1.49. The molecular formula is C13H18F2N2O. The van der Waals surface area contributed by atoms with E-state index in [1.165, 1.54) is 6.07 Å². The second-order valence-corrected chi connectivity index (χ2v) is 4.52. The molecule has 0 spiro atoms. The molecule has 0 aromatic heterocycles. The molecule has 18 heavy (non-hydrogen) atoms. The van der Waals surface area contributed by atoms with Crippen LogP contribution in [0.4, 0.5) is 14.5 Å². The van der Waals surface area contributed by atoms with E-state index in [0.29, 0.717) is 6.54 Å². The Morgan fingerprint density at radius 2 is 2.00 bits per heavy atom. The number of nitrogens with one attached hydrogen (secondary N) is 2. The van der Waals surface area contributed by atoms with Crippen LogP contribution >= 0.6 is 0 Å². The van der Waals surface area contributed by atoms with E-state index in [4.69, 9.17) is 0 Å². The van der Waals surface area contributed by atoms with Crippen LogP contribution in [0.5, 0.6) is 0 Å². The molecule has 1 atom stereocenters. The standard InChI is InChI=1S/C13H18F2N2O/c1-8(2)10(7-16-3)13(18)17-12-5-4-9(14)6-11(12)15/h4-6,8,10,16H,7H2,1-3H3,(H,17,18). The third kappa shape index (κ3) is 3.77. The van der Waals surface area contributed by atoms with Gasteiger partial charge in [-0.25, -0.2) is 8.78 Å². The molecule has 0 saturated carbocycles. The van der Waals surface area contributed by atoms with Crippen LogP contribution in [-0.4, -0.2) is 19.5 Å². The largest absolute Gasteiger partial charge is 0.323 e. The number of halogens is 2. The summed E-state index contributed by atoms with van der Waals surface area (Å²) in [4.78, 5) is 12.0. The summed E-state index contributed by atoms with van der Waals surface area (Å²) in [5.41, 5.74) is 0.00292. The van der Waals surface area contributed by atoms with Crippen LogP contribution in [-0.2, 0) is 4.79 Å². The number of benzene rings is 1. The third-order valence-electron chi connectivity index (χ3n) is 2.75. The lowest BCUT2D eigenvalue weighted by atomic mass is 9.95. The van der Waals surface area contributed by atoms with Gasteiger partial charge in [0.25, 0.3) is 0 Å². The highest BCUT2D eigenvalue weighted by Gasteiger charge is 2.22. The van der Waals surface area contributed by atoms with Crippen molar-refractivity contribution in [1.29, 1.82) is 0 Å². The summed E-state index contributed by atoms with van der Waals surface area (Å²) in [6.07, 6.45) is 0. The lowest BCUT2D eigenvalue weighted by Gasteiger charge is -2.20. The molecule has 2 N–H and O–H groups in total. The van der Waals surface area contributed by atoms with E-state index in [0.717, 1.165) is 12.1 Å². The number of carbonyl (C=O) groups excluding carboxylic acids is 1. The number of carbonyl (C=O) groups is 1. The van der Waals surface area contributed by atoms with E-state index < -0.39 is 11.6 Å². The van der Waals surface area contributed by atoms with Gasteiger partial charge < -0.3 is 10.6 Å². The van der Waals surface area contributed by atoms with Crippen molar-refractivity contribution in [3.63, 3.8) is 0 Å². The van der Waals surface area contributed by atoms with Gasteiger partial charge in [-0.05, 0) is 25.1 Å². The fraction of sp³-hybridized carbons (Fsp3) is 0.462. The van der Waals surface area contributed by atoms with Gasteiger partial charge in [-0.3, -0.25) is 4.79 Å². The first-order chi connectivity index (χ1) is 8.45. The Bertz CT molecular complexity index is 421. The first-order valence-electron chi connectivity index (χ1n) is 5.86. The number of anilines is 1. The van der Waals surface area contributed by atoms with Crippen molar-refractivity contribution >= 4 is 11.6 Å². The maximum atomic E-state index is 13.4. The second-order valence-electron chi connectivity index (χ2n) is 4.52. The Morgan fingerprint density at radius 1 is 1.33 bits per heavy atom. The van der Waals surface area contributed by atoms with E-state index in [2.05, 4.69) is 10.6 Å². The van der Waals surface area contributed by atoms with Gasteiger partial charge in [0.15, 0.2) is 0 Å². The summed E-state index contributed by atoms with van der Waals surface area (Å²) in [5, 5.41) is 5.41. The molecule has 0 radical (unpaired) electrons. The number of hydrogen-bond acceptors (Lipinski definition) is 2. The van der Waals surface area contributed by atoms with E-state index in [-0.39, 0.29) is 23.4 Å². The van der Waals surface area contributed by atoms with Gasteiger partial charge in [-0.1, -0.05) is 13.8 Å². The Kier molecular flexibility index (Phi) is 5.22. The van der Waals surface area contributed by atoms with Crippen molar-refractivity contribution in [2.24, 2.45) is 11.8 Å². The zero-order valence-corrected chi connectivity index (χ0v) is 10.8. The van der Waals surface area contributed by atoms with Gasteiger partial charge in [-0.15, -0.1) is 0 Å². The molecule has 1 rings (SSSR count). The minimum absolute atomic E-state index is 0.00292. The van der Waals surface area contributed by atoms with E-state index >= 15 is 0 Å². The molecule has 3 nitrogen and oxygen atoms in total. The van der Waals surface area contributed by atoms with Gasteiger partial charge >= 0.3 is 0 Å². The number of amides is 1. The minimum atomic E-state index is -0.768. The smallest absolute Gasteiger partial charge is 0.229 e. The van der Waals surface area contributed by atoms with Crippen molar-refractivity contribution in [3.8, 4) is 0 Å². The van der Waals surface area contributed by atoms with Gasteiger partial charge in [0.05, 0.1) is 11.6 Å². The van der Waals surface area contributed by atoms with Gasteiger partial charge in [0, 0.05) is 12.6 Å². The zero-order chi connectivity index (χ0) is 13.7. The van der Waals surface area contributed by atoms with Crippen LogP contribution in [0.1, 0.15) is 13.8 Å². The molecule has 5 heteroatoms. The highest BCUT2D eigenvalue weighted by Crippen LogP contribution is 2.18. The molecule has 0 bridgehead atoms. The van der Waals surface area contributed by atoms with Crippen LogP contribution in [0.3, 0.4) is 0 Å². The Labute approximate surface area is 106 Å². The highest BCUT2D eigenvalue weighted by atomic mass is 19.1. The summed E-state index contributed by atoms with van der Waals surface area (Å²) in [7, 11) is 1.75. The second kappa shape index (κ2) is 6.44. The normalized spacial score (nSPS) is 12.6. The average molecular weight is 256 g/mol. The predicted octanol–water partition coefficient (Wildman–Crippen LogP) is 2.39.